The Labute approximate surface area is 170 Å². The maximum Gasteiger partial charge on any atom is 0.244 e. The lowest BCUT2D eigenvalue weighted by Crippen LogP contribution is -2.32. The number of aromatic nitrogens is 3. The van der Waals surface area contributed by atoms with Gasteiger partial charge in [-0.15, -0.1) is 0 Å². The molecule has 0 bridgehead atoms. The molecule has 1 aliphatic rings. The SMILES string of the molecule is Cc1ccc2nc(CSc3ccc(S(=O)(=O)N4CCCCCC4)cn3)cn2c1. The third kappa shape index (κ3) is 4.24. The molecule has 1 saturated heterocycles. The summed E-state index contributed by atoms with van der Waals surface area (Å²) in [6.07, 6.45) is 9.61. The van der Waals surface area contributed by atoms with Crippen molar-refractivity contribution >= 4 is 27.4 Å². The van der Waals surface area contributed by atoms with Crippen LogP contribution in [0.25, 0.3) is 5.65 Å². The summed E-state index contributed by atoms with van der Waals surface area (Å²) in [5.41, 5.74) is 3.08. The molecule has 3 aromatic heterocycles. The van der Waals surface area contributed by atoms with E-state index in [1.54, 1.807) is 28.2 Å². The Morgan fingerprint density at radius 1 is 1.04 bits per heavy atom. The van der Waals surface area contributed by atoms with Crippen molar-refractivity contribution in [3.63, 3.8) is 0 Å². The molecule has 0 amide bonds. The van der Waals surface area contributed by atoms with E-state index < -0.39 is 10.0 Å². The second-order valence-electron chi connectivity index (χ2n) is 7.14. The number of fused-ring (bicyclic) bond motifs is 1. The second kappa shape index (κ2) is 8.23. The summed E-state index contributed by atoms with van der Waals surface area (Å²) in [6.45, 7) is 3.26. The van der Waals surface area contributed by atoms with Crippen LogP contribution in [0.1, 0.15) is 36.9 Å². The highest BCUT2D eigenvalue weighted by Gasteiger charge is 2.25. The Kier molecular flexibility index (Phi) is 5.70. The number of imidazole rings is 1. The minimum atomic E-state index is -3.44. The summed E-state index contributed by atoms with van der Waals surface area (Å²) >= 11 is 1.56. The van der Waals surface area contributed by atoms with E-state index in [1.165, 1.54) is 11.8 Å². The van der Waals surface area contributed by atoms with Gasteiger partial charge in [0, 0.05) is 37.4 Å². The van der Waals surface area contributed by atoms with Gasteiger partial charge < -0.3 is 4.40 Å². The third-order valence-electron chi connectivity index (χ3n) is 4.93. The molecule has 1 aliphatic heterocycles. The number of hydrogen-bond donors (Lipinski definition) is 0. The smallest absolute Gasteiger partial charge is 0.244 e. The fourth-order valence-electron chi connectivity index (χ4n) is 3.41. The standard InChI is InChI=1S/C20H24N4O2S2/c1-16-6-8-19-22-17(14-23(19)13-16)15-27-20-9-7-18(12-21-20)28(25,26)24-10-4-2-3-5-11-24/h6-9,12-14H,2-5,10-11,15H2,1H3. The molecular weight excluding hydrogens is 392 g/mol. The van der Waals surface area contributed by atoms with E-state index in [0.717, 1.165) is 42.1 Å². The Morgan fingerprint density at radius 2 is 1.82 bits per heavy atom. The van der Waals surface area contributed by atoms with Gasteiger partial charge in [-0.3, -0.25) is 0 Å². The maximum atomic E-state index is 12.8. The van der Waals surface area contributed by atoms with Crippen molar-refractivity contribution in [2.45, 2.75) is 48.3 Å². The van der Waals surface area contributed by atoms with Crippen LogP contribution in [0.4, 0.5) is 0 Å². The average molecular weight is 417 g/mol. The van der Waals surface area contributed by atoms with Gasteiger partial charge in [-0.25, -0.2) is 18.4 Å². The van der Waals surface area contributed by atoms with Crippen LogP contribution in [0.15, 0.2) is 52.8 Å². The Morgan fingerprint density at radius 3 is 2.54 bits per heavy atom. The number of rotatable bonds is 5. The summed E-state index contributed by atoms with van der Waals surface area (Å²) in [5, 5.41) is 0.794. The van der Waals surface area contributed by atoms with Crippen molar-refractivity contribution in [3.05, 3.63) is 54.1 Å². The van der Waals surface area contributed by atoms with Crippen molar-refractivity contribution in [3.8, 4) is 0 Å². The number of aryl methyl sites for hydroxylation is 1. The molecule has 0 unspecified atom stereocenters. The maximum absolute atomic E-state index is 12.8. The Balaban J connectivity index is 1.43. The molecule has 28 heavy (non-hydrogen) atoms. The van der Waals surface area contributed by atoms with E-state index in [9.17, 15) is 8.42 Å². The number of sulfonamides is 1. The molecule has 6 nitrogen and oxygen atoms in total. The first kappa shape index (κ1) is 19.4. The highest BCUT2D eigenvalue weighted by atomic mass is 32.2. The lowest BCUT2D eigenvalue weighted by Gasteiger charge is -2.19. The minimum absolute atomic E-state index is 0.280. The molecule has 0 radical (unpaired) electrons. The third-order valence-corrected chi connectivity index (χ3v) is 7.79. The van der Waals surface area contributed by atoms with Gasteiger partial charge in [0.25, 0.3) is 0 Å². The molecule has 4 rings (SSSR count). The van der Waals surface area contributed by atoms with E-state index in [0.29, 0.717) is 18.8 Å². The summed E-state index contributed by atoms with van der Waals surface area (Å²) in [5.74, 6) is 0.686. The van der Waals surface area contributed by atoms with Crippen molar-refractivity contribution in [1.82, 2.24) is 18.7 Å². The molecule has 8 heteroatoms. The van der Waals surface area contributed by atoms with Crippen molar-refractivity contribution in [2.75, 3.05) is 13.1 Å². The topological polar surface area (TPSA) is 67.6 Å². The largest absolute Gasteiger partial charge is 0.307 e. The van der Waals surface area contributed by atoms with Crippen molar-refractivity contribution < 1.29 is 8.42 Å². The van der Waals surface area contributed by atoms with E-state index >= 15 is 0 Å². The van der Waals surface area contributed by atoms with Crippen LogP contribution in [-0.4, -0.2) is 40.2 Å². The van der Waals surface area contributed by atoms with Gasteiger partial charge in [0.05, 0.1) is 10.7 Å². The molecule has 3 aromatic rings. The predicted octanol–water partition coefficient (Wildman–Crippen LogP) is 3.89. The van der Waals surface area contributed by atoms with Gasteiger partial charge in [-0.05, 0) is 43.5 Å². The zero-order chi connectivity index (χ0) is 19.6. The zero-order valence-electron chi connectivity index (χ0n) is 15.9. The first-order valence-electron chi connectivity index (χ1n) is 9.56. The number of hydrogen-bond acceptors (Lipinski definition) is 5. The van der Waals surface area contributed by atoms with Crippen molar-refractivity contribution in [2.24, 2.45) is 0 Å². The minimum Gasteiger partial charge on any atom is -0.307 e. The van der Waals surface area contributed by atoms with Crippen molar-refractivity contribution in [1.29, 1.82) is 0 Å². The summed E-state index contributed by atoms with van der Waals surface area (Å²) in [7, 11) is -3.44. The van der Waals surface area contributed by atoms with Crippen LogP contribution >= 0.6 is 11.8 Å². The summed E-state index contributed by atoms with van der Waals surface area (Å²) < 4.78 is 29.3. The fourth-order valence-corrected chi connectivity index (χ4v) is 5.60. The quantitative estimate of drug-likeness (QED) is 0.590. The average Bonchev–Trinajstić information content (AvgIpc) is 2.89. The zero-order valence-corrected chi connectivity index (χ0v) is 17.5. The van der Waals surface area contributed by atoms with Gasteiger partial charge in [0.2, 0.25) is 10.0 Å². The van der Waals surface area contributed by atoms with Crippen LogP contribution in [0.2, 0.25) is 0 Å². The molecule has 0 aliphatic carbocycles. The van der Waals surface area contributed by atoms with Gasteiger partial charge in [0.1, 0.15) is 10.5 Å². The van der Waals surface area contributed by atoms with Crippen LogP contribution in [-0.2, 0) is 15.8 Å². The van der Waals surface area contributed by atoms with Gasteiger partial charge in [0.15, 0.2) is 0 Å². The molecule has 0 atom stereocenters. The van der Waals surface area contributed by atoms with Gasteiger partial charge in [-0.2, -0.15) is 4.31 Å². The van der Waals surface area contributed by atoms with E-state index in [2.05, 4.69) is 23.1 Å². The number of pyridine rings is 2. The molecule has 0 spiro atoms. The first-order chi connectivity index (χ1) is 13.5. The Bertz CT molecular complexity index is 1050. The number of thioether (sulfide) groups is 1. The lowest BCUT2D eigenvalue weighted by atomic mass is 10.2. The van der Waals surface area contributed by atoms with Crippen LogP contribution < -0.4 is 0 Å². The molecule has 0 N–H and O–H groups in total. The van der Waals surface area contributed by atoms with Crippen LogP contribution in [0.3, 0.4) is 0 Å². The summed E-state index contributed by atoms with van der Waals surface area (Å²) in [4.78, 5) is 9.26. The second-order valence-corrected chi connectivity index (χ2v) is 10.1. The lowest BCUT2D eigenvalue weighted by molar-refractivity contribution is 0.423. The van der Waals surface area contributed by atoms with Gasteiger partial charge >= 0.3 is 0 Å². The molecule has 4 heterocycles. The van der Waals surface area contributed by atoms with E-state index in [-0.39, 0.29) is 4.90 Å². The summed E-state index contributed by atoms with van der Waals surface area (Å²) in [6, 6.07) is 7.51. The molecule has 148 valence electrons. The fraction of sp³-hybridized carbons (Fsp3) is 0.400. The Hall–Kier alpha value is -1.90. The van der Waals surface area contributed by atoms with Crippen LogP contribution in [0, 0.1) is 6.92 Å². The first-order valence-corrected chi connectivity index (χ1v) is 12.0. The predicted molar refractivity (Wildman–Crippen MR) is 111 cm³/mol. The highest BCUT2D eigenvalue weighted by molar-refractivity contribution is 7.98. The number of nitrogens with zero attached hydrogens (tertiary/aromatic N) is 4. The van der Waals surface area contributed by atoms with E-state index in [4.69, 9.17) is 0 Å². The molecule has 1 fully saturated rings. The van der Waals surface area contributed by atoms with E-state index in [1.807, 2.05) is 22.7 Å². The monoisotopic (exact) mass is 416 g/mol. The highest BCUT2D eigenvalue weighted by Crippen LogP contribution is 2.24. The molecule has 0 aromatic carbocycles. The molecular formula is C20H24N4O2S2. The van der Waals surface area contributed by atoms with Crippen LogP contribution in [0.5, 0.6) is 0 Å². The van der Waals surface area contributed by atoms with Gasteiger partial charge in [-0.1, -0.05) is 30.7 Å². The normalized spacial score (nSPS) is 16.3. The molecule has 0 saturated carbocycles.